The minimum atomic E-state index is -0.856. The zero-order valence-corrected chi connectivity index (χ0v) is 10.8. The highest BCUT2D eigenvalue weighted by Gasteiger charge is 2.34. The molecule has 0 bridgehead atoms. The minimum Gasteiger partial charge on any atom is -0.388 e. The van der Waals surface area contributed by atoms with E-state index in [2.05, 4.69) is 0 Å². The van der Waals surface area contributed by atoms with Crippen LogP contribution in [0.15, 0.2) is 30.3 Å². The van der Waals surface area contributed by atoms with Gasteiger partial charge in [0.25, 0.3) is 0 Å². The van der Waals surface area contributed by atoms with Gasteiger partial charge in [-0.1, -0.05) is 30.3 Å². The van der Waals surface area contributed by atoms with Crippen LogP contribution < -0.4 is 5.73 Å². The summed E-state index contributed by atoms with van der Waals surface area (Å²) in [6.07, 6.45) is -0.409. The lowest BCUT2D eigenvalue weighted by molar-refractivity contribution is -0.132. The lowest BCUT2D eigenvalue weighted by Crippen LogP contribution is -2.43. The number of aliphatic hydroxyl groups is 2. The van der Waals surface area contributed by atoms with Crippen LogP contribution in [0.5, 0.6) is 0 Å². The van der Waals surface area contributed by atoms with Gasteiger partial charge in [0, 0.05) is 13.1 Å². The summed E-state index contributed by atoms with van der Waals surface area (Å²) in [6, 6.07) is 9.27. The van der Waals surface area contributed by atoms with Crippen LogP contribution in [0.25, 0.3) is 0 Å². The van der Waals surface area contributed by atoms with E-state index in [9.17, 15) is 15.0 Å². The SMILES string of the molecule is NC(CCc1ccccc1)C(=O)N1C[C@@H](O)[C@@H](O)C1. The van der Waals surface area contributed by atoms with Crippen molar-refractivity contribution in [1.82, 2.24) is 4.90 Å². The van der Waals surface area contributed by atoms with E-state index in [0.29, 0.717) is 6.42 Å². The van der Waals surface area contributed by atoms with Crippen LogP contribution in [0.1, 0.15) is 12.0 Å². The number of carbonyl (C=O) groups is 1. The summed E-state index contributed by atoms with van der Waals surface area (Å²) in [5.41, 5.74) is 7.03. The number of hydrogen-bond donors (Lipinski definition) is 3. The molecule has 19 heavy (non-hydrogen) atoms. The van der Waals surface area contributed by atoms with E-state index in [1.54, 1.807) is 0 Å². The van der Waals surface area contributed by atoms with E-state index < -0.39 is 18.2 Å². The molecule has 1 aliphatic heterocycles. The Hall–Kier alpha value is -1.43. The summed E-state index contributed by atoms with van der Waals surface area (Å²) in [5.74, 6) is -0.202. The maximum Gasteiger partial charge on any atom is 0.239 e. The lowest BCUT2D eigenvalue weighted by Gasteiger charge is -2.20. The van der Waals surface area contributed by atoms with Gasteiger partial charge in [-0.25, -0.2) is 0 Å². The summed E-state index contributed by atoms with van der Waals surface area (Å²) < 4.78 is 0. The fraction of sp³-hybridized carbons (Fsp3) is 0.500. The van der Waals surface area contributed by atoms with Crippen LogP contribution in [-0.2, 0) is 11.2 Å². The smallest absolute Gasteiger partial charge is 0.239 e. The Labute approximate surface area is 112 Å². The van der Waals surface area contributed by atoms with Crippen LogP contribution in [0.3, 0.4) is 0 Å². The second kappa shape index (κ2) is 6.14. The lowest BCUT2D eigenvalue weighted by atomic mass is 10.1. The van der Waals surface area contributed by atoms with Crippen LogP contribution in [0.2, 0.25) is 0 Å². The van der Waals surface area contributed by atoms with Gasteiger partial charge in [-0.3, -0.25) is 4.79 Å². The molecule has 104 valence electrons. The Morgan fingerprint density at radius 1 is 1.26 bits per heavy atom. The molecule has 1 aromatic carbocycles. The van der Waals surface area contributed by atoms with Gasteiger partial charge in [-0.2, -0.15) is 0 Å². The largest absolute Gasteiger partial charge is 0.388 e. The van der Waals surface area contributed by atoms with E-state index in [4.69, 9.17) is 5.73 Å². The van der Waals surface area contributed by atoms with E-state index in [1.165, 1.54) is 4.90 Å². The van der Waals surface area contributed by atoms with Crippen molar-refractivity contribution in [2.75, 3.05) is 13.1 Å². The van der Waals surface area contributed by atoms with Crippen molar-refractivity contribution in [1.29, 1.82) is 0 Å². The number of aliphatic hydroxyl groups excluding tert-OH is 2. The molecular weight excluding hydrogens is 244 g/mol. The minimum absolute atomic E-state index is 0.166. The molecular formula is C14H20N2O3. The van der Waals surface area contributed by atoms with Crippen molar-refractivity contribution >= 4 is 5.91 Å². The first-order chi connectivity index (χ1) is 9.08. The van der Waals surface area contributed by atoms with Crippen molar-refractivity contribution in [3.8, 4) is 0 Å². The first-order valence-corrected chi connectivity index (χ1v) is 6.52. The third-order valence-electron chi connectivity index (χ3n) is 3.47. The second-order valence-corrected chi connectivity index (χ2v) is 5.01. The molecule has 0 radical (unpaired) electrons. The molecule has 4 N–H and O–H groups in total. The maximum absolute atomic E-state index is 12.0. The molecule has 0 aliphatic carbocycles. The molecule has 1 saturated heterocycles. The summed E-state index contributed by atoms with van der Waals surface area (Å²) in [6.45, 7) is 0.331. The number of nitrogens with two attached hydrogens (primary N) is 1. The quantitative estimate of drug-likeness (QED) is 0.685. The fourth-order valence-corrected chi connectivity index (χ4v) is 2.27. The molecule has 0 aromatic heterocycles. The Morgan fingerprint density at radius 3 is 2.42 bits per heavy atom. The molecule has 0 spiro atoms. The van der Waals surface area contributed by atoms with E-state index in [0.717, 1.165) is 12.0 Å². The molecule has 0 saturated carbocycles. The molecule has 1 heterocycles. The average molecular weight is 264 g/mol. The zero-order valence-electron chi connectivity index (χ0n) is 10.8. The van der Waals surface area contributed by atoms with Crippen molar-refractivity contribution in [2.24, 2.45) is 5.73 Å². The first-order valence-electron chi connectivity index (χ1n) is 6.52. The Balaban J connectivity index is 1.83. The van der Waals surface area contributed by atoms with Gasteiger partial charge in [0.15, 0.2) is 0 Å². The third kappa shape index (κ3) is 3.53. The number of benzene rings is 1. The highest BCUT2D eigenvalue weighted by molar-refractivity contribution is 5.82. The summed E-state index contributed by atoms with van der Waals surface area (Å²) >= 11 is 0. The average Bonchev–Trinajstić information content (AvgIpc) is 2.76. The number of β-amino-alcohol motifs (C(OH)–C–C–N with tert-alkyl or cyclic N) is 2. The fourth-order valence-electron chi connectivity index (χ4n) is 2.27. The van der Waals surface area contributed by atoms with Crippen LogP contribution >= 0.6 is 0 Å². The van der Waals surface area contributed by atoms with Gasteiger partial charge in [-0.15, -0.1) is 0 Å². The van der Waals surface area contributed by atoms with Gasteiger partial charge in [0.2, 0.25) is 5.91 Å². The van der Waals surface area contributed by atoms with Gasteiger partial charge in [0.1, 0.15) is 0 Å². The molecule has 3 atom stereocenters. The number of hydrogen-bond acceptors (Lipinski definition) is 4. The van der Waals surface area contributed by atoms with Crippen LogP contribution in [0.4, 0.5) is 0 Å². The number of amides is 1. The van der Waals surface area contributed by atoms with Gasteiger partial charge >= 0.3 is 0 Å². The first kappa shape index (κ1) is 14.0. The molecule has 2 rings (SSSR count). The van der Waals surface area contributed by atoms with Gasteiger partial charge in [0.05, 0.1) is 18.2 Å². The van der Waals surface area contributed by atoms with Gasteiger partial charge in [-0.05, 0) is 18.4 Å². The molecule has 1 aromatic rings. The van der Waals surface area contributed by atoms with Crippen molar-refractivity contribution < 1.29 is 15.0 Å². The van der Waals surface area contributed by atoms with Crippen molar-refractivity contribution in [2.45, 2.75) is 31.1 Å². The van der Waals surface area contributed by atoms with Crippen molar-refractivity contribution in [3.05, 3.63) is 35.9 Å². The zero-order chi connectivity index (χ0) is 13.8. The highest BCUT2D eigenvalue weighted by atomic mass is 16.3. The van der Waals surface area contributed by atoms with E-state index >= 15 is 0 Å². The number of aryl methyl sites for hydroxylation is 1. The number of likely N-dealkylation sites (tertiary alicyclic amines) is 1. The van der Waals surface area contributed by atoms with Crippen molar-refractivity contribution in [3.63, 3.8) is 0 Å². The molecule has 1 fully saturated rings. The maximum atomic E-state index is 12.0. The number of rotatable bonds is 4. The highest BCUT2D eigenvalue weighted by Crippen LogP contribution is 2.13. The summed E-state index contributed by atoms with van der Waals surface area (Å²) in [5, 5.41) is 18.8. The Kier molecular flexibility index (Phi) is 4.52. The second-order valence-electron chi connectivity index (χ2n) is 5.01. The van der Waals surface area contributed by atoms with Crippen LogP contribution in [-0.4, -0.2) is 52.4 Å². The predicted molar refractivity (Wildman–Crippen MR) is 71.3 cm³/mol. The molecule has 1 aliphatic rings. The third-order valence-corrected chi connectivity index (χ3v) is 3.47. The standard InChI is InChI=1S/C14H20N2O3/c15-11(7-6-10-4-2-1-3-5-10)14(19)16-8-12(17)13(18)9-16/h1-5,11-13,17-18H,6-9,15H2/t11?,12-,13+. The van der Waals surface area contributed by atoms with Crippen LogP contribution in [0, 0.1) is 0 Å². The molecule has 1 amide bonds. The van der Waals surface area contributed by atoms with Gasteiger partial charge < -0.3 is 20.8 Å². The monoisotopic (exact) mass is 264 g/mol. The van der Waals surface area contributed by atoms with E-state index in [-0.39, 0.29) is 19.0 Å². The Bertz CT molecular complexity index is 414. The molecule has 5 nitrogen and oxygen atoms in total. The number of nitrogens with zero attached hydrogens (tertiary/aromatic N) is 1. The number of carbonyl (C=O) groups excluding carboxylic acids is 1. The topological polar surface area (TPSA) is 86.8 Å². The normalized spacial score (nSPS) is 24.5. The summed E-state index contributed by atoms with van der Waals surface area (Å²) in [4.78, 5) is 13.5. The summed E-state index contributed by atoms with van der Waals surface area (Å²) in [7, 11) is 0. The molecule has 5 heteroatoms. The predicted octanol–water partition coefficient (Wildman–Crippen LogP) is -0.490. The molecule has 1 unspecified atom stereocenters. The van der Waals surface area contributed by atoms with E-state index in [1.807, 2.05) is 30.3 Å². The Morgan fingerprint density at radius 2 is 1.84 bits per heavy atom.